The smallest absolute Gasteiger partial charge is 0.191 e. The predicted octanol–water partition coefficient (Wildman–Crippen LogP) is 4.06. The number of guanidine groups is 1. The second-order valence-electron chi connectivity index (χ2n) is 5.16. The zero-order valence-corrected chi connectivity index (χ0v) is 17.4. The van der Waals surface area contributed by atoms with Crippen molar-refractivity contribution in [2.24, 2.45) is 4.99 Å². The number of halogens is 1. The summed E-state index contributed by atoms with van der Waals surface area (Å²) in [6, 6.07) is 12.4. The van der Waals surface area contributed by atoms with E-state index in [1.54, 1.807) is 18.4 Å². The predicted molar refractivity (Wildman–Crippen MR) is 114 cm³/mol. The molecule has 0 fully saturated rings. The van der Waals surface area contributed by atoms with Crippen LogP contribution in [0.1, 0.15) is 23.8 Å². The molecule has 0 saturated heterocycles. The Morgan fingerprint density at radius 2 is 2.08 bits per heavy atom. The lowest BCUT2D eigenvalue weighted by Gasteiger charge is -2.11. The van der Waals surface area contributed by atoms with Gasteiger partial charge in [0, 0.05) is 18.0 Å². The number of hydrogen-bond donors (Lipinski definition) is 2. The van der Waals surface area contributed by atoms with Crippen LogP contribution in [0.2, 0.25) is 0 Å². The molecule has 0 spiro atoms. The molecule has 0 unspecified atom stereocenters. The van der Waals surface area contributed by atoms with Crippen molar-refractivity contribution in [3.63, 3.8) is 0 Å². The average Bonchev–Trinajstić information content (AvgIpc) is 3.10. The second kappa shape index (κ2) is 12.1. The quantitative estimate of drug-likeness (QED) is 0.271. The minimum absolute atomic E-state index is 0. The molecule has 0 aliphatic heterocycles. The fraction of sp³-hybridized carbons (Fsp3) is 0.389. The van der Waals surface area contributed by atoms with Gasteiger partial charge in [-0.1, -0.05) is 18.2 Å². The number of aliphatic imine (C=N–C) groups is 1. The van der Waals surface area contributed by atoms with Gasteiger partial charge in [0.15, 0.2) is 5.96 Å². The van der Waals surface area contributed by atoms with E-state index in [1.165, 1.54) is 10.4 Å². The fourth-order valence-corrected chi connectivity index (χ4v) is 2.86. The first-order valence-corrected chi connectivity index (χ1v) is 8.87. The molecule has 1 aromatic heterocycles. The Morgan fingerprint density at radius 1 is 1.21 bits per heavy atom. The molecule has 1 heterocycles. The lowest BCUT2D eigenvalue weighted by Crippen LogP contribution is -2.37. The molecule has 24 heavy (non-hydrogen) atoms. The number of ether oxygens (including phenoxy) is 1. The zero-order chi connectivity index (χ0) is 16.3. The van der Waals surface area contributed by atoms with E-state index < -0.39 is 0 Å². The third kappa shape index (κ3) is 7.53. The topological polar surface area (TPSA) is 45.7 Å². The van der Waals surface area contributed by atoms with Crippen LogP contribution < -0.4 is 15.4 Å². The number of nitrogens with one attached hydrogen (secondary N) is 2. The lowest BCUT2D eigenvalue weighted by molar-refractivity contribution is 0.414. The van der Waals surface area contributed by atoms with Crippen molar-refractivity contribution < 1.29 is 4.74 Å². The molecule has 0 aliphatic rings. The molecule has 4 nitrogen and oxygen atoms in total. The van der Waals surface area contributed by atoms with Crippen LogP contribution in [0.15, 0.2) is 46.8 Å². The molecule has 0 radical (unpaired) electrons. The van der Waals surface area contributed by atoms with Gasteiger partial charge in [0.2, 0.25) is 0 Å². The first kappa shape index (κ1) is 20.8. The van der Waals surface area contributed by atoms with Gasteiger partial charge >= 0.3 is 0 Å². The van der Waals surface area contributed by atoms with E-state index in [2.05, 4.69) is 52.2 Å². The van der Waals surface area contributed by atoms with Crippen molar-refractivity contribution in [3.05, 3.63) is 52.2 Å². The maximum absolute atomic E-state index is 5.25. The zero-order valence-electron chi connectivity index (χ0n) is 14.2. The number of aryl methyl sites for hydroxylation is 1. The lowest BCUT2D eigenvalue weighted by atomic mass is 10.1. The fourth-order valence-electron chi connectivity index (χ4n) is 2.23. The van der Waals surface area contributed by atoms with Gasteiger partial charge in [-0.2, -0.15) is 0 Å². The summed E-state index contributed by atoms with van der Waals surface area (Å²) in [5.41, 5.74) is 1.30. The summed E-state index contributed by atoms with van der Waals surface area (Å²) in [5, 5.41) is 8.76. The van der Waals surface area contributed by atoms with Crippen LogP contribution in [0.3, 0.4) is 0 Å². The number of nitrogens with zero attached hydrogens (tertiary/aromatic N) is 1. The number of thiophene rings is 1. The van der Waals surface area contributed by atoms with Crippen LogP contribution in [-0.4, -0.2) is 26.2 Å². The van der Waals surface area contributed by atoms with Crippen molar-refractivity contribution in [1.29, 1.82) is 0 Å². The first-order chi connectivity index (χ1) is 11.3. The highest BCUT2D eigenvalue weighted by Crippen LogP contribution is 2.13. The summed E-state index contributed by atoms with van der Waals surface area (Å²) in [6.07, 6.45) is 2.07. The molecular weight excluding hydrogens is 433 g/mol. The van der Waals surface area contributed by atoms with Gasteiger partial charge in [0.25, 0.3) is 0 Å². The summed E-state index contributed by atoms with van der Waals surface area (Å²) in [4.78, 5) is 5.89. The van der Waals surface area contributed by atoms with Crippen LogP contribution in [0.25, 0.3) is 0 Å². The van der Waals surface area contributed by atoms with Gasteiger partial charge in [0.1, 0.15) is 5.75 Å². The van der Waals surface area contributed by atoms with E-state index in [9.17, 15) is 0 Å². The third-order valence-electron chi connectivity index (χ3n) is 3.39. The maximum atomic E-state index is 5.25. The summed E-state index contributed by atoms with van der Waals surface area (Å²) in [6.45, 7) is 4.57. The minimum Gasteiger partial charge on any atom is -0.497 e. The van der Waals surface area contributed by atoms with Crippen LogP contribution in [-0.2, 0) is 13.0 Å². The Hall–Kier alpha value is -1.28. The van der Waals surface area contributed by atoms with Crippen LogP contribution >= 0.6 is 35.3 Å². The number of methoxy groups -OCH3 is 1. The summed E-state index contributed by atoms with van der Waals surface area (Å²) < 4.78 is 5.25. The highest BCUT2D eigenvalue weighted by molar-refractivity contribution is 14.0. The molecule has 132 valence electrons. The van der Waals surface area contributed by atoms with Crippen molar-refractivity contribution in [1.82, 2.24) is 10.6 Å². The van der Waals surface area contributed by atoms with Gasteiger partial charge in [-0.05, 0) is 48.9 Å². The Labute approximate surface area is 165 Å². The molecule has 2 aromatic rings. The van der Waals surface area contributed by atoms with E-state index in [-0.39, 0.29) is 24.0 Å². The maximum Gasteiger partial charge on any atom is 0.191 e. The summed E-state index contributed by atoms with van der Waals surface area (Å²) >= 11 is 1.74. The van der Waals surface area contributed by atoms with Crippen molar-refractivity contribution in [2.75, 3.05) is 20.2 Å². The molecule has 0 saturated carbocycles. The van der Waals surface area contributed by atoms with E-state index in [0.29, 0.717) is 0 Å². The average molecular weight is 459 g/mol. The Balaban J connectivity index is 0.00000288. The SMILES string of the molecule is CCNC(=NCc1cccs1)NCCCc1cccc(OC)c1.I. The van der Waals surface area contributed by atoms with Gasteiger partial charge in [-0.25, -0.2) is 4.99 Å². The Kier molecular flexibility index (Phi) is 10.5. The minimum atomic E-state index is 0. The standard InChI is InChI=1S/C18H25N3OS.HI/c1-3-19-18(21-14-17-10-6-12-23-17)20-11-5-8-15-7-4-9-16(13-15)22-2;/h4,6-7,9-10,12-13H,3,5,8,11,14H2,1-2H3,(H2,19,20,21);1H. The molecule has 2 rings (SSSR count). The van der Waals surface area contributed by atoms with Crippen molar-refractivity contribution in [3.8, 4) is 5.75 Å². The first-order valence-electron chi connectivity index (χ1n) is 7.99. The van der Waals surface area contributed by atoms with E-state index >= 15 is 0 Å². The van der Waals surface area contributed by atoms with Gasteiger partial charge in [-0.15, -0.1) is 35.3 Å². The molecule has 2 N–H and O–H groups in total. The number of benzene rings is 1. The van der Waals surface area contributed by atoms with Crippen molar-refractivity contribution >= 4 is 41.3 Å². The summed E-state index contributed by atoms with van der Waals surface area (Å²) in [5.74, 6) is 1.80. The van der Waals surface area contributed by atoms with Crippen LogP contribution in [0.5, 0.6) is 5.75 Å². The van der Waals surface area contributed by atoms with Crippen LogP contribution in [0.4, 0.5) is 0 Å². The number of rotatable bonds is 8. The van der Waals surface area contributed by atoms with E-state index in [0.717, 1.165) is 44.2 Å². The van der Waals surface area contributed by atoms with Crippen molar-refractivity contribution in [2.45, 2.75) is 26.3 Å². The van der Waals surface area contributed by atoms with Gasteiger partial charge in [0.05, 0.1) is 13.7 Å². The van der Waals surface area contributed by atoms with Crippen LogP contribution in [0, 0.1) is 0 Å². The normalized spacial score (nSPS) is 10.8. The largest absolute Gasteiger partial charge is 0.497 e. The van der Waals surface area contributed by atoms with E-state index in [1.807, 2.05) is 12.1 Å². The highest BCUT2D eigenvalue weighted by Gasteiger charge is 1.99. The molecule has 0 aliphatic carbocycles. The van der Waals surface area contributed by atoms with Gasteiger partial charge < -0.3 is 15.4 Å². The number of hydrogen-bond acceptors (Lipinski definition) is 3. The van der Waals surface area contributed by atoms with E-state index in [4.69, 9.17) is 4.74 Å². The molecule has 1 aromatic carbocycles. The Bertz CT molecular complexity index is 602. The molecule has 0 bridgehead atoms. The monoisotopic (exact) mass is 459 g/mol. The highest BCUT2D eigenvalue weighted by atomic mass is 127. The second-order valence-corrected chi connectivity index (χ2v) is 6.19. The molecule has 0 atom stereocenters. The summed E-state index contributed by atoms with van der Waals surface area (Å²) in [7, 11) is 1.70. The molecule has 6 heteroatoms. The van der Waals surface area contributed by atoms with Gasteiger partial charge in [-0.3, -0.25) is 0 Å². The molecular formula is C18H26IN3OS. The Morgan fingerprint density at radius 3 is 2.79 bits per heavy atom. The third-order valence-corrected chi connectivity index (χ3v) is 4.25. The molecule has 0 amide bonds.